The fraction of sp³-hybridized carbons (Fsp3) is 0.278. The number of non-ortho nitro benzene ring substituents is 1. The Bertz CT molecular complexity index is 1020. The van der Waals surface area contributed by atoms with Crippen molar-refractivity contribution in [3.8, 4) is 0 Å². The van der Waals surface area contributed by atoms with Crippen molar-refractivity contribution in [2.45, 2.75) is 19.3 Å². The number of esters is 1. The molecule has 1 aliphatic rings. The number of nitrogens with zero attached hydrogens (tertiary/aromatic N) is 1. The molecule has 2 aromatic rings. The first-order chi connectivity index (χ1) is 13.8. The van der Waals surface area contributed by atoms with Crippen LogP contribution in [0.1, 0.15) is 37.6 Å². The molecule has 1 aliphatic carbocycles. The topological polar surface area (TPSA) is 154 Å². The summed E-state index contributed by atoms with van der Waals surface area (Å²) in [5.74, 6) is -2.15. The van der Waals surface area contributed by atoms with Crippen LogP contribution in [0.25, 0.3) is 0 Å². The van der Waals surface area contributed by atoms with E-state index in [-0.39, 0.29) is 11.3 Å². The zero-order chi connectivity index (χ0) is 21.1. The summed E-state index contributed by atoms with van der Waals surface area (Å²) >= 11 is 1.29. The van der Waals surface area contributed by atoms with Crippen LogP contribution in [0.4, 0.5) is 16.4 Å². The van der Waals surface area contributed by atoms with Crippen LogP contribution in [0, 0.1) is 10.1 Å². The molecule has 1 heterocycles. The predicted octanol–water partition coefficient (Wildman–Crippen LogP) is 2.08. The van der Waals surface area contributed by atoms with Gasteiger partial charge in [-0.15, -0.1) is 11.3 Å². The number of carbonyl (C=O) groups excluding carboxylic acids is 3. The number of ether oxygens (including phenoxy) is 1. The number of carbonyl (C=O) groups is 3. The van der Waals surface area contributed by atoms with E-state index in [9.17, 15) is 24.5 Å². The maximum Gasteiger partial charge on any atom is 0.341 e. The molecule has 2 amide bonds. The summed E-state index contributed by atoms with van der Waals surface area (Å²) in [6.07, 6.45) is 2.49. The van der Waals surface area contributed by atoms with Crippen molar-refractivity contribution < 1.29 is 24.0 Å². The van der Waals surface area contributed by atoms with E-state index >= 15 is 0 Å². The van der Waals surface area contributed by atoms with Gasteiger partial charge in [-0.05, 0) is 30.9 Å². The van der Waals surface area contributed by atoms with Crippen molar-refractivity contribution in [1.82, 2.24) is 0 Å². The highest BCUT2D eigenvalue weighted by Crippen LogP contribution is 2.38. The number of nitrogens with two attached hydrogens (primary N) is 1. The third kappa shape index (κ3) is 4.19. The molecule has 0 fully saturated rings. The number of amides is 2. The quantitative estimate of drug-likeness (QED) is 0.353. The first-order valence-corrected chi connectivity index (χ1v) is 9.51. The number of hydrogen-bond donors (Lipinski definition) is 3. The SMILES string of the molecule is CNc1ccc([N+](=O)[O-])cc1C(=O)OCC(=O)Nc1sc2c(c1C(N)=O)CCC2. The van der Waals surface area contributed by atoms with Crippen molar-refractivity contribution in [2.24, 2.45) is 5.73 Å². The molecule has 11 heteroatoms. The normalized spacial score (nSPS) is 12.2. The minimum absolute atomic E-state index is 0.0672. The van der Waals surface area contributed by atoms with Crippen molar-refractivity contribution in [3.05, 3.63) is 49.9 Å². The molecule has 1 aromatic heterocycles. The molecular weight excluding hydrogens is 400 g/mol. The van der Waals surface area contributed by atoms with Crippen molar-refractivity contribution in [3.63, 3.8) is 0 Å². The highest BCUT2D eigenvalue weighted by atomic mass is 32.1. The van der Waals surface area contributed by atoms with Crippen LogP contribution >= 0.6 is 11.3 Å². The smallest absolute Gasteiger partial charge is 0.341 e. The number of nitrogens with one attached hydrogen (secondary N) is 2. The van der Waals surface area contributed by atoms with Gasteiger partial charge in [-0.1, -0.05) is 0 Å². The zero-order valence-electron chi connectivity index (χ0n) is 15.4. The van der Waals surface area contributed by atoms with E-state index in [4.69, 9.17) is 10.5 Å². The summed E-state index contributed by atoms with van der Waals surface area (Å²) in [7, 11) is 1.55. The average molecular weight is 418 g/mol. The van der Waals surface area contributed by atoms with Gasteiger partial charge in [-0.2, -0.15) is 0 Å². The van der Waals surface area contributed by atoms with Crippen LogP contribution in [0.3, 0.4) is 0 Å². The Labute approximate surface area is 169 Å². The number of hydrogen-bond acceptors (Lipinski definition) is 8. The predicted molar refractivity (Wildman–Crippen MR) is 106 cm³/mol. The molecule has 0 saturated carbocycles. The average Bonchev–Trinajstić information content (AvgIpc) is 3.25. The van der Waals surface area contributed by atoms with E-state index < -0.39 is 29.3 Å². The molecule has 3 rings (SSSR count). The lowest BCUT2D eigenvalue weighted by Crippen LogP contribution is -2.23. The number of benzene rings is 1. The Hall–Kier alpha value is -3.47. The van der Waals surface area contributed by atoms with Crippen LogP contribution in [0.5, 0.6) is 0 Å². The number of primary amides is 1. The van der Waals surface area contributed by atoms with Crippen LogP contribution in [-0.4, -0.2) is 36.4 Å². The number of aryl methyl sites for hydroxylation is 1. The molecule has 0 unspecified atom stereocenters. The van der Waals surface area contributed by atoms with Gasteiger partial charge in [0.1, 0.15) is 5.00 Å². The number of fused-ring (bicyclic) bond motifs is 1. The molecule has 0 radical (unpaired) electrons. The van der Waals surface area contributed by atoms with Crippen LogP contribution < -0.4 is 16.4 Å². The third-order valence-electron chi connectivity index (χ3n) is 4.46. The molecule has 152 valence electrons. The highest BCUT2D eigenvalue weighted by molar-refractivity contribution is 7.17. The van der Waals surface area contributed by atoms with E-state index in [2.05, 4.69) is 10.6 Å². The number of nitro groups is 1. The van der Waals surface area contributed by atoms with Gasteiger partial charge in [0.15, 0.2) is 6.61 Å². The van der Waals surface area contributed by atoms with Crippen LogP contribution in [0.2, 0.25) is 0 Å². The third-order valence-corrected chi connectivity index (χ3v) is 5.67. The molecule has 4 N–H and O–H groups in total. The first-order valence-electron chi connectivity index (χ1n) is 8.69. The second-order valence-corrected chi connectivity index (χ2v) is 7.39. The molecular formula is C18H18N4O6S. The standard InChI is InChI=1S/C18H18N4O6S/c1-20-12-6-5-9(22(26)27)7-11(12)18(25)28-8-14(23)21-17-15(16(19)24)10-3-2-4-13(10)29-17/h5-7,20H,2-4,8H2,1H3,(H2,19,24)(H,21,23). The van der Waals surface area contributed by atoms with Gasteiger partial charge in [0.05, 0.1) is 16.1 Å². The molecule has 0 aliphatic heterocycles. The zero-order valence-corrected chi connectivity index (χ0v) is 16.3. The molecule has 0 bridgehead atoms. The largest absolute Gasteiger partial charge is 0.452 e. The Morgan fingerprint density at radius 2 is 2.07 bits per heavy atom. The van der Waals surface area contributed by atoms with Crippen LogP contribution in [-0.2, 0) is 22.4 Å². The number of rotatable bonds is 7. The summed E-state index contributed by atoms with van der Waals surface area (Å²) < 4.78 is 4.99. The minimum Gasteiger partial charge on any atom is -0.452 e. The van der Waals surface area contributed by atoms with E-state index in [0.717, 1.165) is 35.8 Å². The maximum atomic E-state index is 12.3. The number of nitro benzene ring substituents is 1. The molecule has 0 saturated heterocycles. The summed E-state index contributed by atoms with van der Waals surface area (Å²) in [6.45, 7) is -0.620. The molecule has 0 spiro atoms. The fourth-order valence-corrected chi connectivity index (χ4v) is 4.47. The Balaban J connectivity index is 1.69. The summed E-state index contributed by atoms with van der Waals surface area (Å²) in [5, 5.41) is 16.6. The second-order valence-electron chi connectivity index (χ2n) is 6.29. The van der Waals surface area contributed by atoms with Gasteiger partial charge in [0, 0.05) is 29.7 Å². The van der Waals surface area contributed by atoms with Crippen molar-refractivity contribution >= 4 is 45.5 Å². The van der Waals surface area contributed by atoms with Gasteiger partial charge in [0.25, 0.3) is 17.5 Å². The fourth-order valence-electron chi connectivity index (χ4n) is 3.16. The van der Waals surface area contributed by atoms with E-state index in [0.29, 0.717) is 16.3 Å². The lowest BCUT2D eigenvalue weighted by molar-refractivity contribution is -0.384. The van der Waals surface area contributed by atoms with Crippen molar-refractivity contribution in [1.29, 1.82) is 0 Å². The van der Waals surface area contributed by atoms with Crippen LogP contribution in [0.15, 0.2) is 18.2 Å². The van der Waals surface area contributed by atoms with Gasteiger partial charge in [0.2, 0.25) is 0 Å². The number of anilines is 2. The summed E-state index contributed by atoms with van der Waals surface area (Å²) in [5.41, 5.74) is 6.60. The Kier molecular flexibility index (Phi) is 5.78. The van der Waals surface area contributed by atoms with Gasteiger partial charge in [-0.25, -0.2) is 4.79 Å². The van der Waals surface area contributed by atoms with Crippen molar-refractivity contribution in [2.75, 3.05) is 24.3 Å². The lowest BCUT2D eigenvalue weighted by Gasteiger charge is -2.10. The highest BCUT2D eigenvalue weighted by Gasteiger charge is 2.26. The van der Waals surface area contributed by atoms with Gasteiger partial charge >= 0.3 is 5.97 Å². The molecule has 0 atom stereocenters. The van der Waals surface area contributed by atoms with Gasteiger partial charge in [-0.3, -0.25) is 19.7 Å². The number of thiophene rings is 1. The minimum atomic E-state index is -0.892. The lowest BCUT2D eigenvalue weighted by atomic mass is 10.1. The van der Waals surface area contributed by atoms with E-state index in [1.54, 1.807) is 7.05 Å². The first kappa shape index (κ1) is 20.3. The van der Waals surface area contributed by atoms with E-state index in [1.807, 2.05) is 0 Å². The summed E-state index contributed by atoms with van der Waals surface area (Å²) in [4.78, 5) is 47.6. The monoisotopic (exact) mass is 418 g/mol. The Morgan fingerprint density at radius 1 is 1.31 bits per heavy atom. The molecule has 1 aromatic carbocycles. The van der Waals surface area contributed by atoms with E-state index in [1.165, 1.54) is 23.5 Å². The summed E-state index contributed by atoms with van der Waals surface area (Å²) in [6, 6.07) is 3.69. The molecule has 10 nitrogen and oxygen atoms in total. The second kappa shape index (κ2) is 8.27. The maximum absolute atomic E-state index is 12.3. The Morgan fingerprint density at radius 3 is 2.72 bits per heavy atom. The van der Waals surface area contributed by atoms with Gasteiger partial charge < -0.3 is 21.1 Å². The molecule has 29 heavy (non-hydrogen) atoms.